The first-order valence-corrected chi connectivity index (χ1v) is 9.14. The Kier molecular flexibility index (Phi) is 4.81. The van der Waals surface area contributed by atoms with Gasteiger partial charge in [-0.25, -0.2) is 4.68 Å². The lowest BCUT2D eigenvalue weighted by Gasteiger charge is -2.10. The van der Waals surface area contributed by atoms with E-state index in [1.165, 1.54) is 16.8 Å². The summed E-state index contributed by atoms with van der Waals surface area (Å²) in [6, 6.07) is 11.4. The van der Waals surface area contributed by atoms with Crippen molar-refractivity contribution in [3.05, 3.63) is 64.4 Å². The number of nitrogens with two attached hydrogens (primary N) is 1. The monoisotopic (exact) mass is 415 g/mol. The second-order valence-corrected chi connectivity index (χ2v) is 6.82. The van der Waals surface area contributed by atoms with Crippen molar-refractivity contribution in [3.63, 3.8) is 0 Å². The molecular formula is C21H16F3N3O3. The van der Waals surface area contributed by atoms with Gasteiger partial charge in [-0.2, -0.15) is 18.3 Å². The first-order chi connectivity index (χ1) is 14.3. The van der Waals surface area contributed by atoms with E-state index in [0.717, 1.165) is 12.1 Å². The molecule has 2 heterocycles. The SMILES string of the molecule is NC(=O)CCCn1nc2c3ccccc3oc(-c3ccc(C(F)(F)F)cc3)c-2c1=O. The smallest absolute Gasteiger partial charge is 0.416 e. The van der Waals surface area contributed by atoms with Gasteiger partial charge < -0.3 is 10.2 Å². The third-order valence-corrected chi connectivity index (χ3v) is 4.75. The third-order valence-electron chi connectivity index (χ3n) is 4.75. The quantitative estimate of drug-likeness (QED) is 0.533. The average Bonchev–Trinajstić information content (AvgIpc) is 3.03. The summed E-state index contributed by atoms with van der Waals surface area (Å²) >= 11 is 0. The van der Waals surface area contributed by atoms with Crippen LogP contribution in [0, 0.1) is 0 Å². The molecule has 0 unspecified atom stereocenters. The van der Waals surface area contributed by atoms with E-state index in [4.69, 9.17) is 10.2 Å². The van der Waals surface area contributed by atoms with Gasteiger partial charge >= 0.3 is 6.18 Å². The van der Waals surface area contributed by atoms with Gasteiger partial charge in [-0.05, 0) is 30.7 Å². The number of hydrogen-bond donors (Lipinski definition) is 1. The number of carbonyl (C=O) groups is 1. The lowest BCUT2D eigenvalue weighted by molar-refractivity contribution is -0.137. The van der Waals surface area contributed by atoms with Gasteiger partial charge in [0, 0.05) is 23.9 Å². The number of aryl methyl sites for hydroxylation is 1. The van der Waals surface area contributed by atoms with Crippen molar-refractivity contribution in [2.24, 2.45) is 5.73 Å². The standard InChI is InChI=1S/C21H16F3N3O3/c22-21(23,24)13-9-7-12(8-10-13)19-17-18(14-4-1-2-5-15(14)30-19)26-27(20(17)29)11-3-6-16(25)28/h1-2,4-5,7-10H,3,6,11H2,(H2,25,28). The molecule has 6 nitrogen and oxygen atoms in total. The highest BCUT2D eigenvalue weighted by Gasteiger charge is 2.31. The highest BCUT2D eigenvalue weighted by molar-refractivity contribution is 5.97. The van der Waals surface area contributed by atoms with Gasteiger partial charge in [0.2, 0.25) is 5.91 Å². The molecule has 0 aromatic heterocycles. The second-order valence-electron chi connectivity index (χ2n) is 6.82. The van der Waals surface area contributed by atoms with E-state index in [9.17, 15) is 22.8 Å². The molecule has 0 bridgehead atoms. The summed E-state index contributed by atoms with van der Waals surface area (Å²) in [7, 11) is 0. The number of rotatable bonds is 5. The number of alkyl halides is 3. The third kappa shape index (κ3) is 3.54. The molecule has 2 aromatic carbocycles. The van der Waals surface area contributed by atoms with E-state index in [1.807, 2.05) is 0 Å². The van der Waals surface area contributed by atoms with Crippen LogP contribution in [0.15, 0.2) is 57.7 Å². The number of hydrogen-bond acceptors (Lipinski definition) is 4. The van der Waals surface area contributed by atoms with E-state index < -0.39 is 23.2 Å². The Hall–Kier alpha value is -3.62. The Morgan fingerprint density at radius 1 is 1.10 bits per heavy atom. The van der Waals surface area contributed by atoms with E-state index in [0.29, 0.717) is 28.6 Å². The molecule has 0 spiro atoms. The van der Waals surface area contributed by atoms with Gasteiger partial charge in [0.15, 0.2) is 0 Å². The van der Waals surface area contributed by atoms with E-state index in [2.05, 4.69) is 5.10 Å². The van der Waals surface area contributed by atoms with Crippen LogP contribution < -0.4 is 11.3 Å². The summed E-state index contributed by atoms with van der Waals surface area (Å²) in [6.07, 6.45) is -4.03. The van der Waals surface area contributed by atoms with Crippen LogP contribution in [0.2, 0.25) is 0 Å². The molecule has 9 heteroatoms. The van der Waals surface area contributed by atoms with Crippen molar-refractivity contribution in [2.75, 3.05) is 0 Å². The first-order valence-electron chi connectivity index (χ1n) is 9.14. The number of halogens is 3. The van der Waals surface area contributed by atoms with Crippen LogP contribution >= 0.6 is 0 Å². The zero-order valence-corrected chi connectivity index (χ0v) is 15.6. The van der Waals surface area contributed by atoms with Crippen LogP contribution in [0.1, 0.15) is 18.4 Å². The Morgan fingerprint density at radius 3 is 2.47 bits per heavy atom. The van der Waals surface area contributed by atoms with Crippen LogP contribution in [0.25, 0.3) is 33.6 Å². The largest absolute Gasteiger partial charge is 0.455 e. The number of primary amides is 1. The van der Waals surface area contributed by atoms with E-state index >= 15 is 0 Å². The molecule has 1 amide bonds. The maximum absolute atomic E-state index is 13.0. The van der Waals surface area contributed by atoms with Crippen LogP contribution in [-0.2, 0) is 17.5 Å². The van der Waals surface area contributed by atoms with Gasteiger partial charge in [-0.3, -0.25) is 9.59 Å². The molecule has 2 aromatic rings. The van der Waals surface area contributed by atoms with Crippen molar-refractivity contribution in [3.8, 4) is 22.6 Å². The van der Waals surface area contributed by atoms with Gasteiger partial charge in [-0.1, -0.05) is 24.3 Å². The van der Waals surface area contributed by atoms with E-state index in [1.54, 1.807) is 24.3 Å². The minimum Gasteiger partial charge on any atom is -0.455 e. The molecule has 2 aliphatic rings. The van der Waals surface area contributed by atoms with Crippen molar-refractivity contribution in [1.29, 1.82) is 0 Å². The maximum atomic E-state index is 13.0. The summed E-state index contributed by atoms with van der Waals surface area (Å²) in [5.41, 5.74) is 5.23. The number of nitrogens with zero attached hydrogens (tertiary/aromatic N) is 2. The van der Waals surface area contributed by atoms with Crippen LogP contribution in [-0.4, -0.2) is 15.7 Å². The summed E-state index contributed by atoms with van der Waals surface area (Å²) in [6.45, 7) is 0.178. The molecule has 4 rings (SSSR count). The normalized spacial score (nSPS) is 12.0. The second kappa shape index (κ2) is 7.33. The van der Waals surface area contributed by atoms with E-state index in [-0.39, 0.29) is 24.3 Å². The van der Waals surface area contributed by atoms with Gasteiger partial charge in [0.05, 0.1) is 5.56 Å². The fraction of sp³-hybridized carbons (Fsp3) is 0.190. The number of benzene rings is 2. The van der Waals surface area contributed by atoms with Crippen LogP contribution in [0.5, 0.6) is 0 Å². The molecule has 2 aliphatic heterocycles. The molecule has 0 radical (unpaired) electrons. The Morgan fingerprint density at radius 2 is 1.80 bits per heavy atom. The first kappa shape index (κ1) is 19.7. The van der Waals surface area contributed by atoms with Crippen molar-refractivity contribution >= 4 is 16.9 Å². The molecular weight excluding hydrogens is 399 g/mol. The average molecular weight is 415 g/mol. The van der Waals surface area contributed by atoms with Crippen LogP contribution in [0.4, 0.5) is 13.2 Å². The van der Waals surface area contributed by atoms with Crippen LogP contribution in [0.3, 0.4) is 0 Å². The Bertz CT molecular complexity index is 1260. The molecule has 0 aliphatic carbocycles. The summed E-state index contributed by atoms with van der Waals surface area (Å²) in [4.78, 5) is 24.0. The molecule has 0 atom stereocenters. The molecule has 0 fully saturated rings. The summed E-state index contributed by atoms with van der Waals surface area (Å²) in [5.74, 6) is -0.339. The molecule has 2 N–H and O–H groups in total. The Labute approximate surface area is 168 Å². The minimum atomic E-state index is -4.47. The highest BCUT2D eigenvalue weighted by Crippen LogP contribution is 2.38. The van der Waals surface area contributed by atoms with Gasteiger partial charge in [-0.15, -0.1) is 0 Å². The fourth-order valence-electron chi connectivity index (χ4n) is 3.32. The number of aromatic nitrogens is 2. The predicted octanol–water partition coefficient (Wildman–Crippen LogP) is 4.05. The van der Waals surface area contributed by atoms with Crippen molar-refractivity contribution in [1.82, 2.24) is 9.78 Å². The van der Waals surface area contributed by atoms with Gasteiger partial charge in [0.25, 0.3) is 5.56 Å². The summed E-state index contributed by atoms with van der Waals surface area (Å²) in [5, 5.41) is 5.00. The number of carbonyl (C=O) groups excluding carboxylic acids is 1. The fourth-order valence-corrected chi connectivity index (χ4v) is 3.32. The topological polar surface area (TPSA) is 91.1 Å². The zero-order chi connectivity index (χ0) is 21.5. The Balaban J connectivity index is 1.89. The van der Waals surface area contributed by atoms with Crippen molar-refractivity contribution in [2.45, 2.75) is 25.6 Å². The number of fused-ring (bicyclic) bond motifs is 3. The molecule has 0 saturated heterocycles. The minimum absolute atomic E-state index is 0.104. The molecule has 154 valence electrons. The van der Waals surface area contributed by atoms with Gasteiger partial charge in [0.1, 0.15) is 22.6 Å². The van der Waals surface area contributed by atoms with Crippen molar-refractivity contribution < 1.29 is 22.4 Å². The zero-order valence-electron chi connectivity index (χ0n) is 15.6. The number of para-hydroxylation sites is 1. The summed E-state index contributed by atoms with van der Waals surface area (Å²) < 4.78 is 45.9. The molecule has 30 heavy (non-hydrogen) atoms. The lowest BCUT2D eigenvalue weighted by atomic mass is 10.0. The number of amides is 1. The predicted molar refractivity (Wildman–Crippen MR) is 104 cm³/mol. The lowest BCUT2D eigenvalue weighted by Crippen LogP contribution is -2.19. The highest BCUT2D eigenvalue weighted by atomic mass is 19.4. The maximum Gasteiger partial charge on any atom is 0.416 e. The molecule has 0 saturated carbocycles.